The quantitative estimate of drug-likeness (QED) is 0.275. The second-order valence-electron chi connectivity index (χ2n) is 5.87. The highest BCUT2D eigenvalue weighted by Gasteiger charge is 2.06. The summed E-state index contributed by atoms with van der Waals surface area (Å²) in [5, 5.41) is 6.03. The van der Waals surface area contributed by atoms with Crippen molar-refractivity contribution in [2.45, 2.75) is 13.5 Å². The SMILES string of the molecule is CN=C(NCCOc1cccc(NC(C)=O)c1)N(C)Cc1ccccc1.I. The van der Waals surface area contributed by atoms with Crippen molar-refractivity contribution >= 4 is 41.5 Å². The highest BCUT2D eigenvalue weighted by Crippen LogP contribution is 2.17. The molecule has 0 aliphatic heterocycles. The number of amides is 1. The van der Waals surface area contributed by atoms with Crippen LogP contribution in [0, 0.1) is 0 Å². The van der Waals surface area contributed by atoms with Crippen molar-refractivity contribution in [3.05, 3.63) is 60.2 Å². The van der Waals surface area contributed by atoms with Gasteiger partial charge in [0.05, 0.1) is 6.54 Å². The topological polar surface area (TPSA) is 66.0 Å². The molecule has 7 heteroatoms. The molecule has 0 aromatic heterocycles. The molecule has 0 saturated carbocycles. The van der Waals surface area contributed by atoms with Gasteiger partial charge in [-0.05, 0) is 17.7 Å². The predicted octanol–water partition coefficient (Wildman–Crippen LogP) is 3.35. The first-order valence-electron chi connectivity index (χ1n) is 8.54. The number of ether oxygens (including phenoxy) is 1. The van der Waals surface area contributed by atoms with E-state index in [1.54, 1.807) is 13.1 Å². The van der Waals surface area contributed by atoms with Crippen LogP contribution >= 0.6 is 24.0 Å². The molecule has 0 saturated heterocycles. The van der Waals surface area contributed by atoms with Crippen LogP contribution in [0.1, 0.15) is 12.5 Å². The van der Waals surface area contributed by atoms with Crippen molar-refractivity contribution in [2.75, 3.05) is 32.6 Å². The monoisotopic (exact) mass is 482 g/mol. The molecule has 0 aliphatic carbocycles. The summed E-state index contributed by atoms with van der Waals surface area (Å²) in [5.74, 6) is 1.42. The van der Waals surface area contributed by atoms with Crippen molar-refractivity contribution in [3.63, 3.8) is 0 Å². The summed E-state index contributed by atoms with van der Waals surface area (Å²) in [6, 6.07) is 17.6. The molecular weight excluding hydrogens is 455 g/mol. The van der Waals surface area contributed by atoms with E-state index in [1.807, 2.05) is 43.4 Å². The number of hydrogen-bond donors (Lipinski definition) is 2. The van der Waals surface area contributed by atoms with Gasteiger partial charge in [0.25, 0.3) is 0 Å². The average molecular weight is 482 g/mol. The first-order chi connectivity index (χ1) is 12.6. The van der Waals surface area contributed by atoms with E-state index >= 15 is 0 Å². The summed E-state index contributed by atoms with van der Waals surface area (Å²) in [5.41, 5.74) is 1.95. The molecule has 0 fully saturated rings. The van der Waals surface area contributed by atoms with Crippen LogP contribution in [0.2, 0.25) is 0 Å². The Bertz CT molecular complexity index is 738. The number of rotatable bonds is 7. The Labute approximate surface area is 178 Å². The lowest BCUT2D eigenvalue weighted by Crippen LogP contribution is -2.40. The van der Waals surface area contributed by atoms with E-state index in [0.29, 0.717) is 18.9 Å². The van der Waals surface area contributed by atoms with Gasteiger partial charge in [-0.1, -0.05) is 36.4 Å². The second kappa shape index (κ2) is 12.2. The van der Waals surface area contributed by atoms with Crippen LogP contribution in [-0.2, 0) is 11.3 Å². The van der Waals surface area contributed by atoms with Crippen LogP contribution in [0.3, 0.4) is 0 Å². The molecule has 0 spiro atoms. The Morgan fingerprint density at radius 3 is 2.56 bits per heavy atom. The largest absolute Gasteiger partial charge is 0.492 e. The molecule has 0 bridgehead atoms. The third kappa shape index (κ3) is 8.29. The molecule has 2 aromatic rings. The Morgan fingerprint density at radius 1 is 1.15 bits per heavy atom. The zero-order valence-corrected chi connectivity index (χ0v) is 18.3. The minimum absolute atomic E-state index is 0. The van der Waals surface area contributed by atoms with E-state index in [1.165, 1.54) is 12.5 Å². The van der Waals surface area contributed by atoms with Gasteiger partial charge in [-0.3, -0.25) is 9.79 Å². The van der Waals surface area contributed by atoms with Crippen LogP contribution in [0.4, 0.5) is 5.69 Å². The smallest absolute Gasteiger partial charge is 0.221 e. The highest BCUT2D eigenvalue weighted by atomic mass is 127. The van der Waals surface area contributed by atoms with E-state index in [-0.39, 0.29) is 29.9 Å². The van der Waals surface area contributed by atoms with Crippen LogP contribution in [-0.4, -0.2) is 44.0 Å². The maximum atomic E-state index is 11.1. The average Bonchev–Trinajstić information content (AvgIpc) is 2.62. The molecule has 27 heavy (non-hydrogen) atoms. The Hall–Kier alpha value is -2.29. The van der Waals surface area contributed by atoms with Gasteiger partial charge in [-0.2, -0.15) is 0 Å². The number of hydrogen-bond acceptors (Lipinski definition) is 3. The summed E-state index contributed by atoms with van der Waals surface area (Å²) in [4.78, 5) is 17.5. The number of carbonyl (C=O) groups is 1. The van der Waals surface area contributed by atoms with Crippen molar-refractivity contribution < 1.29 is 9.53 Å². The van der Waals surface area contributed by atoms with Gasteiger partial charge in [0.2, 0.25) is 5.91 Å². The number of benzene rings is 2. The molecule has 6 nitrogen and oxygen atoms in total. The standard InChI is InChI=1S/C20H26N4O2.HI/c1-16(25)23-18-10-7-11-19(14-18)26-13-12-22-20(21-2)24(3)15-17-8-5-4-6-9-17;/h4-11,14H,12-13,15H2,1-3H3,(H,21,22)(H,23,25);1H. The molecule has 2 aromatic carbocycles. The van der Waals surface area contributed by atoms with Crippen LogP contribution < -0.4 is 15.4 Å². The van der Waals surface area contributed by atoms with E-state index < -0.39 is 0 Å². The lowest BCUT2D eigenvalue weighted by atomic mass is 10.2. The van der Waals surface area contributed by atoms with Gasteiger partial charge in [-0.15, -0.1) is 24.0 Å². The maximum Gasteiger partial charge on any atom is 0.221 e. The summed E-state index contributed by atoms with van der Waals surface area (Å²) in [6.07, 6.45) is 0. The van der Waals surface area contributed by atoms with Gasteiger partial charge in [0.15, 0.2) is 5.96 Å². The molecule has 0 unspecified atom stereocenters. The zero-order chi connectivity index (χ0) is 18.8. The van der Waals surface area contributed by atoms with E-state index in [4.69, 9.17) is 4.74 Å². The van der Waals surface area contributed by atoms with Gasteiger partial charge >= 0.3 is 0 Å². The fraction of sp³-hybridized carbons (Fsp3) is 0.300. The number of halogens is 1. The lowest BCUT2D eigenvalue weighted by Gasteiger charge is -2.22. The van der Waals surface area contributed by atoms with Crippen LogP contribution in [0.15, 0.2) is 59.6 Å². The molecule has 0 aliphatic rings. The summed E-state index contributed by atoms with van der Waals surface area (Å²) >= 11 is 0. The third-order valence-electron chi connectivity index (χ3n) is 3.64. The zero-order valence-electron chi connectivity index (χ0n) is 15.9. The fourth-order valence-electron chi connectivity index (χ4n) is 2.52. The summed E-state index contributed by atoms with van der Waals surface area (Å²) < 4.78 is 5.73. The van der Waals surface area contributed by atoms with E-state index in [9.17, 15) is 4.79 Å². The Kier molecular flexibility index (Phi) is 10.2. The van der Waals surface area contributed by atoms with E-state index in [2.05, 4.69) is 32.7 Å². The number of anilines is 1. The Morgan fingerprint density at radius 2 is 1.89 bits per heavy atom. The van der Waals surface area contributed by atoms with E-state index in [0.717, 1.165) is 18.2 Å². The molecule has 2 N–H and O–H groups in total. The van der Waals surface area contributed by atoms with Crippen LogP contribution in [0.25, 0.3) is 0 Å². The number of nitrogens with zero attached hydrogens (tertiary/aromatic N) is 2. The molecule has 0 atom stereocenters. The normalized spacial score (nSPS) is 10.6. The molecule has 146 valence electrons. The highest BCUT2D eigenvalue weighted by molar-refractivity contribution is 14.0. The first kappa shape index (κ1) is 22.8. The van der Waals surface area contributed by atoms with Crippen LogP contribution in [0.5, 0.6) is 5.75 Å². The minimum Gasteiger partial charge on any atom is -0.492 e. The molecule has 1 amide bonds. The number of guanidine groups is 1. The molecule has 2 rings (SSSR count). The maximum absolute atomic E-state index is 11.1. The van der Waals surface area contributed by atoms with Gasteiger partial charge in [0.1, 0.15) is 12.4 Å². The van der Waals surface area contributed by atoms with Gasteiger partial charge in [0, 0.05) is 39.3 Å². The lowest BCUT2D eigenvalue weighted by molar-refractivity contribution is -0.114. The van der Waals surface area contributed by atoms with Gasteiger partial charge < -0.3 is 20.3 Å². The molecular formula is C20H27IN4O2. The fourth-order valence-corrected chi connectivity index (χ4v) is 2.52. The first-order valence-corrected chi connectivity index (χ1v) is 8.54. The molecule has 0 radical (unpaired) electrons. The summed E-state index contributed by atoms with van der Waals surface area (Å²) in [7, 11) is 3.77. The number of nitrogens with one attached hydrogen (secondary N) is 2. The third-order valence-corrected chi connectivity index (χ3v) is 3.64. The van der Waals surface area contributed by atoms with Crippen molar-refractivity contribution in [1.82, 2.24) is 10.2 Å². The van der Waals surface area contributed by atoms with Crippen molar-refractivity contribution in [2.24, 2.45) is 4.99 Å². The second-order valence-corrected chi connectivity index (χ2v) is 5.87. The van der Waals surface area contributed by atoms with Gasteiger partial charge in [-0.25, -0.2) is 0 Å². The number of aliphatic imine (C=N–C) groups is 1. The van der Waals surface area contributed by atoms with Crippen molar-refractivity contribution in [3.8, 4) is 5.75 Å². The summed E-state index contributed by atoms with van der Waals surface area (Å²) in [6.45, 7) is 3.37. The number of carbonyl (C=O) groups excluding carboxylic acids is 1. The Balaban J connectivity index is 0.00000364. The van der Waals surface area contributed by atoms with Crippen molar-refractivity contribution in [1.29, 1.82) is 0 Å². The minimum atomic E-state index is -0.103. The molecule has 0 heterocycles. The predicted molar refractivity (Wildman–Crippen MR) is 121 cm³/mol.